The van der Waals surface area contributed by atoms with Crippen LogP contribution >= 0.6 is 0 Å². The molecule has 2 aromatic rings. The van der Waals surface area contributed by atoms with Gasteiger partial charge in [0.25, 0.3) is 5.91 Å². The average molecular weight is 492 g/mol. The number of nitrogens with zero attached hydrogens (tertiary/aromatic N) is 1. The standard InChI is InChI=1S/C28H33N3O5/c1-31-23-11-10-21(15-26(32)29-16-19-7-8-19)36-25(23)17-35-24-12-9-20(14-22(24)28(31)34)30-27(33)13-18-5-3-2-4-6-18/h2-6,9,12,14,19,21,23,25H,7-8,10-11,13,15-17H2,1H3,(H,29,32)(H,30,33)/t21-,23+,25-/m1/s1. The van der Waals surface area contributed by atoms with Gasteiger partial charge in [-0.1, -0.05) is 30.3 Å². The molecular formula is C28H33N3O5. The molecule has 2 aromatic carbocycles. The Morgan fingerprint density at radius 3 is 2.61 bits per heavy atom. The number of carbonyl (C=O) groups is 3. The van der Waals surface area contributed by atoms with Crippen LogP contribution in [0.1, 0.15) is 48.0 Å². The molecule has 1 saturated heterocycles. The molecule has 3 atom stereocenters. The molecule has 36 heavy (non-hydrogen) atoms. The van der Waals surface area contributed by atoms with E-state index in [-0.39, 0.29) is 49.0 Å². The summed E-state index contributed by atoms with van der Waals surface area (Å²) in [6, 6.07) is 14.5. The minimum absolute atomic E-state index is 0.0220. The minimum Gasteiger partial charge on any atom is -0.490 e. The van der Waals surface area contributed by atoms with Crippen LogP contribution in [0.5, 0.6) is 5.75 Å². The molecule has 0 spiro atoms. The van der Waals surface area contributed by atoms with Crippen molar-refractivity contribution in [3.63, 3.8) is 0 Å². The van der Waals surface area contributed by atoms with E-state index >= 15 is 0 Å². The SMILES string of the molecule is CN1C(=O)c2cc(NC(=O)Cc3ccccc3)ccc2OC[C@H]2O[C@@H](CC(=O)NCC3CC3)CC[C@@H]21. The first kappa shape index (κ1) is 24.3. The molecule has 8 nitrogen and oxygen atoms in total. The Morgan fingerprint density at radius 2 is 1.83 bits per heavy atom. The summed E-state index contributed by atoms with van der Waals surface area (Å²) in [5, 5.41) is 5.89. The monoisotopic (exact) mass is 491 g/mol. The van der Waals surface area contributed by atoms with Crippen molar-refractivity contribution >= 4 is 23.4 Å². The molecule has 8 heteroatoms. The normalized spacial score (nSPS) is 23.4. The number of nitrogens with one attached hydrogen (secondary N) is 2. The second-order valence-corrected chi connectivity index (χ2v) is 10.0. The van der Waals surface area contributed by atoms with Crippen LogP contribution in [-0.4, -0.2) is 61.1 Å². The predicted octanol–water partition coefficient (Wildman–Crippen LogP) is 3.16. The van der Waals surface area contributed by atoms with Gasteiger partial charge in [-0.3, -0.25) is 14.4 Å². The molecule has 5 rings (SSSR count). The number of carbonyl (C=O) groups excluding carboxylic acids is 3. The minimum atomic E-state index is -0.313. The highest BCUT2D eigenvalue weighted by molar-refractivity contribution is 6.00. The number of fused-ring (bicyclic) bond motifs is 2. The first-order chi connectivity index (χ1) is 17.5. The second-order valence-electron chi connectivity index (χ2n) is 10.0. The third-order valence-corrected chi connectivity index (χ3v) is 7.20. The number of benzene rings is 2. The Morgan fingerprint density at radius 1 is 1.03 bits per heavy atom. The molecule has 3 amide bonds. The molecule has 1 aliphatic carbocycles. The van der Waals surface area contributed by atoms with Crippen molar-refractivity contribution in [2.75, 3.05) is 25.5 Å². The van der Waals surface area contributed by atoms with E-state index in [1.807, 2.05) is 30.3 Å². The number of hydrogen-bond donors (Lipinski definition) is 2. The van der Waals surface area contributed by atoms with E-state index in [2.05, 4.69) is 10.6 Å². The van der Waals surface area contributed by atoms with Gasteiger partial charge >= 0.3 is 0 Å². The van der Waals surface area contributed by atoms with Crippen LogP contribution in [0.2, 0.25) is 0 Å². The number of ether oxygens (including phenoxy) is 2. The average Bonchev–Trinajstić information content (AvgIpc) is 3.70. The zero-order valence-electron chi connectivity index (χ0n) is 20.6. The number of likely N-dealkylation sites (N-methyl/N-ethyl adjacent to an activating group) is 1. The van der Waals surface area contributed by atoms with Gasteiger partial charge in [0.2, 0.25) is 11.8 Å². The number of hydrogen-bond acceptors (Lipinski definition) is 5. The van der Waals surface area contributed by atoms with E-state index in [0.29, 0.717) is 35.8 Å². The van der Waals surface area contributed by atoms with E-state index in [1.165, 1.54) is 12.8 Å². The van der Waals surface area contributed by atoms with Crippen LogP contribution in [0.4, 0.5) is 5.69 Å². The Hall–Kier alpha value is -3.39. The Labute approximate surface area is 211 Å². The Bertz CT molecular complexity index is 1120. The third kappa shape index (κ3) is 5.87. The van der Waals surface area contributed by atoms with Gasteiger partial charge in [0.05, 0.1) is 30.6 Å². The summed E-state index contributed by atoms with van der Waals surface area (Å²) in [5.74, 6) is 0.791. The highest BCUT2D eigenvalue weighted by Gasteiger charge is 2.39. The second kappa shape index (κ2) is 10.7. The van der Waals surface area contributed by atoms with Crippen molar-refractivity contribution in [2.24, 2.45) is 5.92 Å². The largest absolute Gasteiger partial charge is 0.490 e. The zero-order valence-corrected chi connectivity index (χ0v) is 20.6. The van der Waals surface area contributed by atoms with Crippen LogP contribution in [-0.2, 0) is 20.7 Å². The van der Waals surface area contributed by atoms with Crippen LogP contribution in [0, 0.1) is 5.92 Å². The summed E-state index contributed by atoms with van der Waals surface area (Å²) in [6.07, 6.45) is 3.93. The summed E-state index contributed by atoms with van der Waals surface area (Å²) in [5.41, 5.74) is 1.88. The molecule has 2 aliphatic heterocycles. The first-order valence-electron chi connectivity index (χ1n) is 12.8. The lowest BCUT2D eigenvalue weighted by atomic mass is 9.94. The van der Waals surface area contributed by atoms with Gasteiger partial charge in [0.15, 0.2) is 0 Å². The van der Waals surface area contributed by atoms with Crippen molar-refractivity contribution in [1.29, 1.82) is 0 Å². The van der Waals surface area contributed by atoms with Gasteiger partial charge in [0, 0.05) is 19.3 Å². The lowest BCUT2D eigenvalue weighted by molar-refractivity contribution is -0.134. The predicted molar refractivity (Wildman–Crippen MR) is 135 cm³/mol. The van der Waals surface area contributed by atoms with Crippen LogP contribution in [0.3, 0.4) is 0 Å². The van der Waals surface area contributed by atoms with Crippen molar-refractivity contribution in [1.82, 2.24) is 10.2 Å². The molecule has 0 unspecified atom stereocenters. The fourth-order valence-corrected chi connectivity index (χ4v) is 4.95. The van der Waals surface area contributed by atoms with Crippen molar-refractivity contribution < 1.29 is 23.9 Å². The molecule has 2 fully saturated rings. The summed E-state index contributed by atoms with van der Waals surface area (Å²) >= 11 is 0. The van der Waals surface area contributed by atoms with E-state index < -0.39 is 0 Å². The Kier molecular flexibility index (Phi) is 7.23. The van der Waals surface area contributed by atoms with E-state index in [9.17, 15) is 14.4 Å². The maximum Gasteiger partial charge on any atom is 0.257 e. The molecule has 0 radical (unpaired) electrons. The molecule has 190 valence electrons. The van der Waals surface area contributed by atoms with E-state index in [0.717, 1.165) is 18.5 Å². The number of rotatable bonds is 7. The smallest absolute Gasteiger partial charge is 0.257 e. The van der Waals surface area contributed by atoms with E-state index in [4.69, 9.17) is 9.47 Å². The topological polar surface area (TPSA) is 97.0 Å². The third-order valence-electron chi connectivity index (χ3n) is 7.20. The van der Waals surface area contributed by atoms with Crippen molar-refractivity contribution in [3.8, 4) is 5.75 Å². The van der Waals surface area contributed by atoms with Gasteiger partial charge in [-0.05, 0) is 55.4 Å². The quantitative estimate of drug-likeness (QED) is 0.620. The van der Waals surface area contributed by atoms with E-state index in [1.54, 1.807) is 30.1 Å². The van der Waals surface area contributed by atoms with Crippen LogP contribution < -0.4 is 15.4 Å². The van der Waals surface area contributed by atoms with Gasteiger partial charge < -0.3 is 25.0 Å². The number of amides is 3. The fraction of sp³-hybridized carbons (Fsp3) is 0.464. The fourth-order valence-electron chi connectivity index (χ4n) is 4.95. The molecule has 2 heterocycles. The number of anilines is 1. The summed E-state index contributed by atoms with van der Waals surface area (Å²) in [4.78, 5) is 39.9. The van der Waals surface area contributed by atoms with Gasteiger partial charge in [-0.2, -0.15) is 0 Å². The summed E-state index contributed by atoms with van der Waals surface area (Å²) < 4.78 is 12.3. The van der Waals surface area contributed by atoms with Gasteiger partial charge in [-0.25, -0.2) is 0 Å². The molecule has 0 aromatic heterocycles. The molecule has 0 bridgehead atoms. The maximum absolute atomic E-state index is 13.4. The van der Waals surface area contributed by atoms with Crippen LogP contribution in [0.25, 0.3) is 0 Å². The lowest BCUT2D eigenvalue weighted by Crippen LogP contribution is -2.54. The van der Waals surface area contributed by atoms with Crippen LogP contribution in [0.15, 0.2) is 48.5 Å². The molecule has 1 saturated carbocycles. The highest BCUT2D eigenvalue weighted by Crippen LogP contribution is 2.33. The maximum atomic E-state index is 13.4. The molecule has 2 N–H and O–H groups in total. The Balaban J connectivity index is 1.22. The van der Waals surface area contributed by atoms with Crippen molar-refractivity contribution in [2.45, 2.75) is 56.8 Å². The summed E-state index contributed by atoms with van der Waals surface area (Å²) in [6.45, 7) is 1.04. The first-order valence-corrected chi connectivity index (χ1v) is 12.8. The van der Waals surface area contributed by atoms with Gasteiger partial charge in [0.1, 0.15) is 18.5 Å². The molecular weight excluding hydrogens is 458 g/mol. The zero-order chi connectivity index (χ0) is 25.1. The lowest BCUT2D eigenvalue weighted by Gasteiger charge is -2.42. The summed E-state index contributed by atoms with van der Waals surface area (Å²) in [7, 11) is 1.78. The highest BCUT2D eigenvalue weighted by atomic mass is 16.5. The van der Waals surface area contributed by atoms with Crippen molar-refractivity contribution in [3.05, 3.63) is 59.7 Å². The van der Waals surface area contributed by atoms with Gasteiger partial charge in [-0.15, -0.1) is 0 Å². The molecule has 3 aliphatic rings.